The standard InChI is InChI=1S/C11H8F3NO/c1-7(16)10(6-15)8-3-2-4-9(5-8)11(12,13)14/h2-5,10H,1H3. The second-order valence-electron chi connectivity index (χ2n) is 3.30. The molecule has 0 radical (unpaired) electrons. The van der Waals surface area contributed by atoms with Crippen LogP contribution in [0.3, 0.4) is 0 Å². The first-order valence-corrected chi connectivity index (χ1v) is 4.43. The van der Waals surface area contributed by atoms with Crippen molar-refractivity contribution in [2.75, 3.05) is 0 Å². The molecule has 0 fully saturated rings. The third kappa shape index (κ3) is 2.60. The topological polar surface area (TPSA) is 40.9 Å². The van der Waals surface area contributed by atoms with Gasteiger partial charge in [-0.2, -0.15) is 18.4 Å². The van der Waals surface area contributed by atoms with Gasteiger partial charge in [0.15, 0.2) is 5.78 Å². The number of hydrogen-bond donors (Lipinski definition) is 0. The summed E-state index contributed by atoms with van der Waals surface area (Å²) in [4.78, 5) is 11.0. The molecule has 0 bridgehead atoms. The van der Waals surface area contributed by atoms with E-state index in [1.54, 1.807) is 6.07 Å². The lowest BCUT2D eigenvalue weighted by atomic mass is 9.95. The molecule has 1 rings (SSSR count). The quantitative estimate of drug-likeness (QED) is 0.779. The van der Waals surface area contributed by atoms with E-state index in [1.807, 2.05) is 0 Å². The molecule has 0 saturated carbocycles. The van der Waals surface area contributed by atoms with Gasteiger partial charge in [0, 0.05) is 0 Å². The number of carbonyl (C=O) groups is 1. The summed E-state index contributed by atoms with van der Waals surface area (Å²) in [6.07, 6.45) is -4.47. The number of Topliss-reactive ketones (excluding diaryl/α,β-unsaturated/α-hetero) is 1. The Bertz CT molecular complexity index is 445. The van der Waals surface area contributed by atoms with Gasteiger partial charge in [0.1, 0.15) is 5.92 Å². The molecule has 0 saturated heterocycles. The van der Waals surface area contributed by atoms with Crippen molar-refractivity contribution < 1.29 is 18.0 Å². The maximum Gasteiger partial charge on any atom is 0.416 e. The molecule has 0 aromatic heterocycles. The Balaban J connectivity index is 3.18. The Labute approximate surface area is 90.3 Å². The van der Waals surface area contributed by atoms with Crippen molar-refractivity contribution >= 4 is 5.78 Å². The fraction of sp³-hybridized carbons (Fsp3) is 0.273. The average Bonchev–Trinajstić information content (AvgIpc) is 2.17. The average molecular weight is 227 g/mol. The van der Waals surface area contributed by atoms with Gasteiger partial charge in [0.05, 0.1) is 11.6 Å². The predicted molar refractivity (Wildman–Crippen MR) is 50.5 cm³/mol. The minimum atomic E-state index is -4.47. The molecule has 0 heterocycles. The lowest BCUT2D eigenvalue weighted by Crippen LogP contribution is -2.10. The zero-order valence-corrected chi connectivity index (χ0v) is 8.38. The lowest BCUT2D eigenvalue weighted by molar-refractivity contribution is -0.137. The SMILES string of the molecule is CC(=O)C(C#N)c1cccc(C(F)(F)F)c1. The third-order valence-corrected chi connectivity index (χ3v) is 2.08. The van der Waals surface area contributed by atoms with Gasteiger partial charge in [0.2, 0.25) is 0 Å². The number of nitriles is 1. The van der Waals surface area contributed by atoms with Crippen molar-refractivity contribution in [2.24, 2.45) is 0 Å². The maximum atomic E-state index is 12.4. The van der Waals surface area contributed by atoms with Crippen LogP contribution in [0.25, 0.3) is 0 Å². The number of carbonyl (C=O) groups excluding carboxylic acids is 1. The van der Waals surface area contributed by atoms with Gasteiger partial charge in [-0.3, -0.25) is 4.79 Å². The molecule has 0 aliphatic heterocycles. The highest BCUT2D eigenvalue weighted by molar-refractivity contribution is 5.86. The molecule has 0 amide bonds. The van der Waals surface area contributed by atoms with Crippen molar-refractivity contribution in [2.45, 2.75) is 19.0 Å². The summed E-state index contributed by atoms with van der Waals surface area (Å²) in [5.74, 6) is -1.61. The van der Waals surface area contributed by atoms with E-state index in [-0.39, 0.29) is 5.56 Å². The molecule has 0 spiro atoms. The van der Waals surface area contributed by atoms with Crippen molar-refractivity contribution in [3.8, 4) is 6.07 Å². The van der Waals surface area contributed by atoms with Gasteiger partial charge < -0.3 is 0 Å². The molecule has 1 aromatic carbocycles. The predicted octanol–water partition coefficient (Wildman–Crippen LogP) is 2.90. The molecular formula is C11H8F3NO. The number of rotatable bonds is 2. The minimum absolute atomic E-state index is 0.0739. The number of nitrogens with zero attached hydrogens (tertiary/aromatic N) is 1. The highest BCUT2D eigenvalue weighted by Crippen LogP contribution is 2.31. The molecule has 0 N–H and O–H groups in total. The van der Waals surface area contributed by atoms with E-state index in [0.29, 0.717) is 0 Å². The van der Waals surface area contributed by atoms with Gasteiger partial charge in [0.25, 0.3) is 0 Å². The van der Waals surface area contributed by atoms with Crippen LogP contribution in [-0.4, -0.2) is 5.78 Å². The molecule has 1 atom stereocenters. The summed E-state index contributed by atoms with van der Waals surface area (Å²) < 4.78 is 37.1. The Hall–Kier alpha value is -1.83. The van der Waals surface area contributed by atoms with Gasteiger partial charge in [-0.25, -0.2) is 0 Å². The summed E-state index contributed by atoms with van der Waals surface area (Å²) >= 11 is 0. The lowest BCUT2D eigenvalue weighted by Gasteiger charge is -2.10. The Morgan fingerprint density at radius 3 is 2.50 bits per heavy atom. The smallest absolute Gasteiger partial charge is 0.298 e. The van der Waals surface area contributed by atoms with Crippen LogP contribution in [0.15, 0.2) is 24.3 Å². The van der Waals surface area contributed by atoms with Crippen LogP contribution < -0.4 is 0 Å². The number of hydrogen-bond acceptors (Lipinski definition) is 2. The first kappa shape index (κ1) is 12.2. The highest BCUT2D eigenvalue weighted by atomic mass is 19.4. The number of alkyl halides is 3. The second-order valence-corrected chi connectivity index (χ2v) is 3.30. The molecular weight excluding hydrogens is 219 g/mol. The summed E-state index contributed by atoms with van der Waals surface area (Å²) in [5.41, 5.74) is -0.781. The van der Waals surface area contributed by atoms with Crippen LogP contribution in [0.4, 0.5) is 13.2 Å². The Morgan fingerprint density at radius 2 is 2.06 bits per heavy atom. The van der Waals surface area contributed by atoms with Crippen LogP contribution in [-0.2, 0) is 11.0 Å². The van der Waals surface area contributed by atoms with Gasteiger partial charge >= 0.3 is 6.18 Å². The molecule has 84 valence electrons. The number of ketones is 1. The third-order valence-electron chi connectivity index (χ3n) is 2.08. The van der Waals surface area contributed by atoms with Crippen LogP contribution >= 0.6 is 0 Å². The first-order valence-electron chi connectivity index (χ1n) is 4.43. The van der Waals surface area contributed by atoms with Crippen LogP contribution in [0.5, 0.6) is 0 Å². The molecule has 5 heteroatoms. The monoisotopic (exact) mass is 227 g/mol. The van der Waals surface area contributed by atoms with Crippen LogP contribution in [0.2, 0.25) is 0 Å². The molecule has 1 aromatic rings. The Morgan fingerprint density at radius 1 is 1.44 bits per heavy atom. The van der Waals surface area contributed by atoms with Crippen molar-refractivity contribution in [3.63, 3.8) is 0 Å². The molecule has 1 unspecified atom stereocenters. The molecule has 0 aliphatic rings. The van der Waals surface area contributed by atoms with Crippen molar-refractivity contribution in [1.29, 1.82) is 5.26 Å². The summed E-state index contributed by atoms with van der Waals surface area (Å²) in [6, 6.07) is 5.93. The van der Waals surface area contributed by atoms with Crippen molar-refractivity contribution in [1.82, 2.24) is 0 Å². The summed E-state index contributed by atoms with van der Waals surface area (Å²) in [6.45, 7) is 1.17. The maximum absolute atomic E-state index is 12.4. The zero-order chi connectivity index (χ0) is 12.3. The second kappa shape index (κ2) is 4.35. The number of halogens is 3. The highest BCUT2D eigenvalue weighted by Gasteiger charge is 2.31. The van der Waals surface area contributed by atoms with E-state index >= 15 is 0 Å². The normalized spacial score (nSPS) is 12.9. The molecule has 2 nitrogen and oxygen atoms in total. The van der Waals surface area contributed by atoms with Gasteiger partial charge in [-0.15, -0.1) is 0 Å². The van der Waals surface area contributed by atoms with E-state index in [0.717, 1.165) is 12.1 Å². The zero-order valence-electron chi connectivity index (χ0n) is 8.38. The minimum Gasteiger partial charge on any atom is -0.298 e. The fourth-order valence-corrected chi connectivity index (χ4v) is 1.29. The van der Waals surface area contributed by atoms with E-state index in [2.05, 4.69) is 0 Å². The van der Waals surface area contributed by atoms with E-state index < -0.39 is 23.4 Å². The van der Waals surface area contributed by atoms with Crippen LogP contribution in [0, 0.1) is 11.3 Å². The first-order chi connectivity index (χ1) is 7.36. The van der Waals surface area contributed by atoms with Crippen LogP contribution in [0.1, 0.15) is 24.0 Å². The summed E-state index contributed by atoms with van der Waals surface area (Å²) in [7, 11) is 0. The van der Waals surface area contributed by atoms with Gasteiger partial charge in [-0.05, 0) is 18.6 Å². The summed E-state index contributed by atoms with van der Waals surface area (Å²) in [5, 5.41) is 8.69. The van der Waals surface area contributed by atoms with Crippen molar-refractivity contribution in [3.05, 3.63) is 35.4 Å². The van der Waals surface area contributed by atoms with E-state index in [4.69, 9.17) is 5.26 Å². The fourth-order valence-electron chi connectivity index (χ4n) is 1.29. The molecule has 0 aliphatic carbocycles. The van der Waals surface area contributed by atoms with E-state index in [1.165, 1.54) is 19.1 Å². The number of benzene rings is 1. The Kier molecular flexibility index (Phi) is 3.33. The van der Waals surface area contributed by atoms with Gasteiger partial charge in [-0.1, -0.05) is 18.2 Å². The molecule has 16 heavy (non-hydrogen) atoms. The van der Waals surface area contributed by atoms with E-state index in [9.17, 15) is 18.0 Å². The largest absolute Gasteiger partial charge is 0.416 e.